The number of rotatable bonds is 7. The average molecular weight is 520 g/mol. The second-order valence-corrected chi connectivity index (χ2v) is 9.63. The van der Waals surface area contributed by atoms with Gasteiger partial charge in [0.15, 0.2) is 0 Å². The minimum absolute atomic E-state index is 0.0640. The predicted molar refractivity (Wildman–Crippen MR) is 163 cm³/mol. The first-order valence-corrected chi connectivity index (χ1v) is 13.4. The van der Waals surface area contributed by atoms with Gasteiger partial charge in [-0.2, -0.15) is 10.5 Å². The summed E-state index contributed by atoms with van der Waals surface area (Å²) in [4.78, 5) is 2.30. The number of hydrogen-bond acceptors (Lipinski definition) is 4. The van der Waals surface area contributed by atoms with Crippen molar-refractivity contribution in [2.24, 2.45) is 0 Å². The number of anilines is 3. The van der Waals surface area contributed by atoms with E-state index in [1.54, 1.807) is 19.1 Å². The molecule has 194 valence electrons. The maximum atomic E-state index is 9.24. The minimum Gasteiger partial charge on any atom is -0.462 e. The molecule has 4 nitrogen and oxygen atoms in total. The first kappa shape index (κ1) is 26.3. The third-order valence-electron chi connectivity index (χ3n) is 6.78. The van der Waals surface area contributed by atoms with Crippen molar-refractivity contribution in [2.45, 2.75) is 26.7 Å². The zero-order chi connectivity index (χ0) is 27.9. The second-order valence-electron chi connectivity index (χ2n) is 9.63. The van der Waals surface area contributed by atoms with Gasteiger partial charge in [-0.15, -0.1) is 0 Å². The third-order valence-corrected chi connectivity index (χ3v) is 6.78. The summed E-state index contributed by atoms with van der Waals surface area (Å²) in [5.74, 6) is 1.21. The Kier molecular flexibility index (Phi) is 7.91. The van der Waals surface area contributed by atoms with Crippen LogP contribution in [0.25, 0.3) is 16.8 Å². The van der Waals surface area contributed by atoms with Crippen molar-refractivity contribution in [1.82, 2.24) is 0 Å². The lowest BCUT2D eigenvalue weighted by molar-refractivity contribution is 0.318. The number of hydrogen-bond donors (Lipinski definition) is 0. The Bertz CT molecular complexity index is 1720. The first-order chi connectivity index (χ1) is 19.6. The smallest absolute Gasteiger partial charge is 0.137 e. The molecular weight excluding hydrogens is 490 g/mol. The Morgan fingerprint density at radius 1 is 0.800 bits per heavy atom. The molecule has 0 saturated heterocycles. The molecule has 4 aromatic rings. The lowest BCUT2D eigenvalue weighted by Gasteiger charge is -2.27. The van der Waals surface area contributed by atoms with E-state index in [-0.39, 0.29) is 5.57 Å². The highest BCUT2D eigenvalue weighted by molar-refractivity contribution is 5.98. The van der Waals surface area contributed by atoms with Crippen LogP contribution in [0.5, 0.6) is 0 Å². The van der Waals surface area contributed by atoms with Crippen LogP contribution < -0.4 is 4.90 Å². The standard InChI is InChI=1S/C36H29N3O/c1-3-7-27-12-17-32(18-13-27)39(36-11-6-9-29-8-4-5-10-35(29)36)33-19-14-28(15-20-33)16-21-34-23-30(22-26(2)40-34)31(24-37)25-38/h4-6,8-23H,3,7H2,1-2H3/b21-16+. The molecule has 0 N–H and O–H groups in total. The van der Waals surface area contributed by atoms with Crippen LogP contribution in [-0.2, 0) is 11.2 Å². The van der Waals surface area contributed by atoms with Crippen molar-refractivity contribution in [3.8, 4) is 12.1 Å². The minimum atomic E-state index is 0.0640. The van der Waals surface area contributed by atoms with Crippen LogP contribution in [0.15, 0.2) is 132 Å². The molecule has 0 atom stereocenters. The van der Waals surface area contributed by atoms with Crippen LogP contribution in [0.3, 0.4) is 0 Å². The molecule has 0 spiro atoms. The summed E-state index contributed by atoms with van der Waals surface area (Å²) >= 11 is 0. The number of aryl methyl sites for hydroxylation is 1. The maximum absolute atomic E-state index is 9.24. The Morgan fingerprint density at radius 2 is 1.48 bits per heavy atom. The lowest BCUT2D eigenvalue weighted by Crippen LogP contribution is -2.10. The summed E-state index contributed by atoms with van der Waals surface area (Å²) in [5, 5.41) is 20.9. The Morgan fingerprint density at radius 3 is 2.17 bits per heavy atom. The van der Waals surface area contributed by atoms with Crippen LogP contribution >= 0.6 is 0 Å². The molecule has 0 unspecified atom stereocenters. The van der Waals surface area contributed by atoms with Crippen molar-refractivity contribution >= 4 is 33.9 Å². The molecule has 0 aromatic heterocycles. The molecule has 0 aliphatic carbocycles. The Balaban J connectivity index is 1.49. The molecule has 40 heavy (non-hydrogen) atoms. The van der Waals surface area contributed by atoms with Crippen molar-refractivity contribution < 1.29 is 4.74 Å². The molecule has 1 aliphatic rings. The molecular formula is C36H29N3O. The summed E-state index contributed by atoms with van der Waals surface area (Å²) in [5.41, 5.74) is 6.24. The van der Waals surface area contributed by atoms with Gasteiger partial charge >= 0.3 is 0 Å². The van der Waals surface area contributed by atoms with Crippen LogP contribution in [0.4, 0.5) is 17.1 Å². The van der Waals surface area contributed by atoms with Gasteiger partial charge in [0.1, 0.15) is 29.2 Å². The monoisotopic (exact) mass is 519 g/mol. The summed E-state index contributed by atoms with van der Waals surface area (Å²) < 4.78 is 5.80. The lowest BCUT2D eigenvalue weighted by atomic mass is 10.0. The molecule has 5 rings (SSSR count). The van der Waals surface area contributed by atoms with Gasteiger partial charge in [-0.3, -0.25) is 0 Å². The van der Waals surface area contributed by atoms with Gasteiger partial charge in [0, 0.05) is 22.3 Å². The van der Waals surface area contributed by atoms with Gasteiger partial charge in [-0.05, 0) is 78.4 Å². The van der Waals surface area contributed by atoms with E-state index in [1.165, 1.54) is 16.3 Å². The van der Waals surface area contributed by atoms with E-state index in [0.717, 1.165) is 35.5 Å². The number of allylic oxidation sites excluding steroid dienone is 6. The predicted octanol–water partition coefficient (Wildman–Crippen LogP) is 9.44. The zero-order valence-electron chi connectivity index (χ0n) is 22.6. The largest absolute Gasteiger partial charge is 0.462 e. The fourth-order valence-corrected chi connectivity index (χ4v) is 4.88. The van der Waals surface area contributed by atoms with E-state index in [1.807, 2.05) is 24.3 Å². The normalized spacial score (nSPS) is 12.8. The molecule has 0 bridgehead atoms. The fraction of sp³-hybridized carbons (Fsp3) is 0.111. The number of nitriles is 2. The highest BCUT2D eigenvalue weighted by Gasteiger charge is 2.15. The number of benzene rings is 4. The quantitative estimate of drug-likeness (QED) is 0.228. The van der Waals surface area contributed by atoms with E-state index in [0.29, 0.717) is 17.1 Å². The van der Waals surface area contributed by atoms with Crippen molar-refractivity contribution in [1.29, 1.82) is 10.5 Å². The van der Waals surface area contributed by atoms with Gasteiger partial charge in [-0.25, -0.2) is 0 Å². The van der Waals surface area contributed by atoms with E-state index in [4.69, 9.17) is 4.74 Å². The molecule has 4 aromatic carbocycles. The van der Waals surface area contributed by atoms with Crippen LogP contribution in [-0.4, -0.2) is 0 Å². The molecule has 0 amide bonds. The Hall–Kier alpha value is -5.32. The van der Waals surface area contributed by atoms with Gasteiger partial charge in [0.2, 0.25) is 0 Å². The van der Waals surface area contributed by atoms with Crippen LogP contribution in [0.2, 0.25) is 0 Å². The number of fused-ring (bicyclic) bond motifs is 1. The topological polar surface area (TPSA) is 60.0 Å². The highest BCUT2D eigenvalue weighted by atomic mass is 16.5. The van der Waals surface area contributed by atoms with Gasteiger partial charge < -0.3 is 9.64 Å². The second kappa shape index (κ2) is 12.0. The van der Waals surface area contributed by atoms with Crippen LogP contribution in [0, 0.1) is 22.7 Å². The molecule has 0 saturated carbocycles. The summed E-state index contributed by atoms with van der Waals surface area (Å²) in [6.07, 6.45) is 9.42. The third kappa shape index (κ3) is 5.73. The summed E-state index contributed by atoms with van der Waals surface area (Å²) in [6.45, 7) is 4.01. The number of ether oxygens (including phenoxy) is 1. The zero-order valence-corrected chi connectivity index (χ0v) is 22.6. The van der Waals surface area contributed by atoms with E-state index >= 15 is 0 Å². The van der Waals surface area contributed by atoms with Crippen molar-refractivity contribution in [3.63, 3.8) is 0 Å². The number of nitrogens with zero attached hydrogens (tertiary/aromatic N) is 3. The summed E-state index contributed by atoms with van der Waals surface area (Å²) in [6, 6.07) is 36.0. The maximum Gasteiger partial charge on any atom is 0.137 e. The fourth-order valence-electron chi connectivity index (χ4n) is 4.88. The molecule has 0 radical (unpaired) electrons. The van der Waals surface area contributed by atoms with Crippen LogP contribution in [0.1, 0.15) is 31.4 Å². The van der Waals surface area contributed by atoms with E-state index < -0.39 is 0 Å². The SMILES string of the molecule is CCCc1ccc(N(c2ccc(/C=C/C3=CC(=C(C#N)C#N)C=C(C)O3)cc2)c2cccc3ccccc23)cc1. The summed E-state index contributed by atoms with van der Waals surface area (Å²) in [7, 11) is 0. The first-order valence-electron chi connectivity index (χ1n) is 13.4. The van der Waals surface area contributed by atoms with Crippen molar-refractivity contribution in [2.75, 3.05) is 4.90 Å². The average Bonchev–Trinajstić information content (AvgIpc) is 2.98. The van der Waals surface area contributed by atoms with E-state index in [2.05, 4.69) is 103 Å². The molecule has 1 aliphatic heterocycles. The van der Waals surface area contributed by atoms with Crippen molar-refractivity contribution in [3.05, 3.63) is 143 Å². The van der Waals surface area contributed by atoms with E-state index in [9.17, 15) is 10.5 Å². The van der Waals surface area contributed by atoms with Gasteiger partial charge in [0.25, 0.3) is 0 Å². The van der Waals surface area contributed by atoms with Gasteiger partial charge in [0.05, 0.1) is 5.69 Å². The molecule has 0 fully saturated rings. The Labute approximate surface area is 235 Å². The highest BCUT2D eigenvalue weighted by Crippen LogP contribution is 2.39. The molecule has 1 heterocycles. The van der Waals surface area contributed by atoms with Gasteiger partial charge in [-0.1, -0.05) is 80.1 Å². The molecule has 4 heteroatoms.